The Bertz CT molecular complexity index is 454. The van der Waals surface area contributed by atoms with Crippen LogP contribution in [0.15, 0.2) is 146 Å². The van der Waals surface area contributed by atoms with E-state index in [9.17, 15) is 0 Å². The Morgan fingerprint density at radius 1 is 0.200 bits per heavy atom. The third-order valence-electron chi connectivity index (χ3n) is 2.67. The highest BCUT2D eigenvalue weighted by molar-refractivity contribution is 5.00. The van der Waals surface area contributed by atoms with Crippen molar-refractivity contribution < 1.29 is 0 Å². The van der Waals surface area contributed by atoms with Crippen LogP contribution in [-0.4, -0.2) is 0 Å². The zero-order chi connectivity index (χ0) is 27.1. The van der Waals surface area contributed by atoms with Crippen LogP contribution in [0, 0.1) is 0 Å². The van der Waals surface area contributed by atoms with Gasteiger partial charge in [0.05, 0.1) is 0 Å². The normalized spacial score (nSPS) is 7.20. The molecular weight excluding hydrogens is 420 g/mol. The lowest BCUT2D eigenvalue weighted by Gasteiger charge is -1.69. The molecule has 0 atom stereocenters. The van der Waals surface area contributed by atoms with Gasteiger partial charge in [-0.3, -0.25) is 0 Å². The fourth-order valence-electron chi connectivity index (χ4n) is 1.54. The van der Waals surface area contributed by atoms with Gasteiger partial charge in [-0.25, -0.2) is 0 Å². The summed E-state index contributed by atoms with van der Waals surface area (Å²) >= 11 is 0. The molecule has 194 valence electrons. The van der Waals surface area contributed by atoms with Crippen LogP contribution in [0.25, 0.3) is 0 Å². The molecule has 0 unspecified atom stereocenters. The van der Waals surface area contributed by atoms with Gasteiger partial charge in [-0.1, -0.05) is 220 Å². The Morgan fingerprint density at radius 2 is 0.229 bits per heavy atom. The fourth-order valence-corrected chi connectivity index (χ4v) is 1.54. The lowest BCUT2D eigenvalue weighted by Crippen LogP contribution is -1.47. The van der Waals surface area contributed by atoms with Crippen LogP contribution in [0.1, 0.15) is 74.7 Å². The van der Waals surface area contributed by atoms with E-state index in [0.29, 0.717) is 0 Å². The third-order valence-corrected chi connectivity index (χ3v) is 2.67. The molecule has 0 fully saturated rings. The highest BCUT2D eigenvalue weighted by Crippen LogP contribution is 1.81. The molecule has 0 heterocycles. The Kier molecular flexibility index (Phi) is 54.0. The zero-order valence-electron chi connectivity index (χ0n) is 24.0. The molecule has 0 amide bonds. The van der Waals surface area contributed by atoms with Gasteiger partial charge in [-0.05, 0) is 0 Å². The maximum Gasteiger partial charge on any atom is -0.0590 e. The van der Waals surface area contributed by atoms with E-state index in [4.69, 9.17) is 0 Å². The molecular formula is C35H54. The van der Waals surface area contributed by atoms with Gasteiger partial charge in [-0.2, -0.15) is 0 Å². The smallest absolute Gasteiger partial charge is 0.0590 e. The molecule has 0 heteroatoms. The maximum atomic E-state index is 2.12. The topological polar surface area (TPSA) is 0 Å². The highest BCUT2D eigenvalue weighted by atomic mass is 13.7. The van der Waals surface area contributed by atoms with E-state index in [-0.39, 0.29) is 0 Å². The molecule has 35 heavy (non-hydrogen) atoms. The predicted octanol–water partition coefficient (Wildman–Crippen LogP) is 12.0. The van der Waals surface area contributed by atoms with Gasteiger partial charge < -0.3 is 0 Å². The van der Waals surface area contributed by atoms with Crippen LogP contribution < -0.4 is 0 Å². The molecule has 0 bridgehead atoms. The second kappa shape index (κ2) is 48.3. The van der Waals surface area contributed by atoms with E-state index in [1.165, 1.54) is 19.3 Å². The van der Waals surface area contributed by atoms with Crippen molar-refractivity contribution in [3.63, 3.8) is 0 Å². The highest BCUT2D eigenvalue weighted by Gasteiger charge is 1.59. The summed E-state index contributed by atoms with van der Waals surface area (Å²) in [7, 11) is 0. The quantitative estimate of drug-likeness (QED) is 0.238. The first-order chi connectivity index (χ1) is 17.2. The summed E-state index contributed by atoms with van der Waals surface area (Å²) < 4.78 is 0. The van der Waals surface area contributed by atoms with Gasteiger partial charge in [0.1, 0.15) is 0 Å². The molecule has 0 saturated heterocycles. The molecule has 0 aliphatic heterocycles. The average molecular weight is 475 g/mol. The van der Waals surface area contributed by atoms with Crippen LogP contribution in [0.3, 0.4) is 0 Å². The second-order valence-electron chi connectivity index (χ2n) is 6.74. The standard InChI is InChI=1S/4C6H6.3C3H8.C2H6/c4*1-2-4-6-5-3-1;3*1-3-2;1-2/h4*1-6H;3*3H2,1-2H3;1-2H3. The minimum absolute atomic E-state index is 1.25. The number of rotatable bonds is 0. The van der Waals surface area contributed by atoms with Gasteiger partial charge in [0.25, 0.3) is 0 Å². The molecule has 0 aliphatic rings. The van der Waals surface area contributed by atoms with Crippen LogP contribution in [0.2, 0.25) is 0 Å². The molecule has 0 aromatic heterocycles. The second-order valence-corrected chi connectivity index (χ2v) is 6.74. The van der Waals surface area contributed by atoms with Gasteiger partial charge in [-0.15, -0.1) is 0 Å². The lowest BCUT2D eigenvalue weighted by atomic mass is 10.4. The Labute approximate surface area is 220 Å². The molecule has 4 rings (SSSR count). The van der Waals surface area contributed by atoms with Crippen molar-refractivity contribution in [2.75, 3.05) is 0 Å². The van der Waals surface area contributed by atoms with E-state index in [1.54, 1.807) is 0 Å². The first-order valence-corrected chi connectivity index (χ1v) is 13.2. The number of hydrogen-bond acceptors (Lipinski definition) is 0. The minimum Gasteiger partial charge on any atom is -0.0683 e. The van der Waals surface area contributed by atoms with Crippen LogP contribution in [0.5, 0.6) is 0 Å². The predicted molar refractivity (Wildman–Crippen MR) is 165 cm³/mol. The zero-order valence-corrected chi connectivity index (χ0v) is 24.0. The Morgan fingerprint density at radius 3 is 0.257 bits per heavy atom. The summed E-state index contributed by atoms with van der Waals surface area (Å²) in [5.41, 5.74) is 0. The number of hydrogen-bond donors (Lipinski definition) is 0. The lowest BCUT2D eigenvalue weighted by molar-refractivity contribution is 1.09. The molecule has 0 N–H and O–H groups in total. The first kappa shape index (κ1) is 39.1. The summed E-state index contributed by atoms with van der Waals surface area (Å²) in [6, 6.07) is 48.0. The van der Waals surface area contributed by atoms with E-state index in [0.717, 1.165) is 0 Å². The molecule has 4 aromatic rings. The molecule has 0 aliphatic carbocycles. The van der Waals surface area contributed by atoms with Crippen molar-refractivity contribution in [2.24, 2.45) is 0 Å². The van der Waals surface area contributed by atoms with Gasteiger partial charge in [0, 0.05) is 0 Å². The van der Waals surface area contributed by atoms with Crippen LogP contribution in [0.4, 0.5) is 0 Å². The largest absolute Gasteiger partial charge is 0.0683 e. The van der Waals surface area contributed by atoms with Crippen molar-refractivity contribution in [1.82, 2.24) is 0 Å². The van der Waals surface area contributed by atoms with Gasteiger partial charge >= 0.3 is 0 Å². The Hall–Kier alpha value is -3.12. The van der Waals surface area contributed by atoms with Crippen molar-refractivity contribution in [1.29, 1.82) is 0 Å². The number of benzene rings is 4. The van der Waals surface area contributed by atoms with E-state index >= 15 is 0 Å². The van der Waals surface area contributed by atoms with Crippen molar-refractivity contribution in [3.8, 4) is 0 Å². The van der Waals surface area contributed by atoms with E-state index in [2.05, 4.69) is 41.5 Å². The molecule has 0 saturated carbocycles. The van der Waals surface area contributed by atoms with E-state index < -0.39 is 0 Å². The summed E-state index contributed by atoms with van der Waals surface area (Å²) in [6.45, 7) is 16.8. The van der Waals surface area contributed by atoms with Crippen LogP contribution in [-0.2, 0) is 0 Å². The molecule has 4 aromatic carbocycles. The van der Waals surface area contributed by atoms with Crippen molar-refractivity contribution in [3.05, 3.63) is 146 Å². The third kappa shape index (κ3) is 59.1. The molecule has 0 radical (unpaired) electrons. The summed E-state index contributed by atoms with van der Waals surface area (Å²) in [6.07, 6.45) is 3.75. The monoisotopic (exact) mass is 474 g/mol. The average Bonchev–Trinajstić information content (AvgIpc) is 2.96. The summed E-state index contributed by atoms with van der Waals surface area (Å²) in [5, 5.41) is 0. The summed E-state index contributed by atoms with van der Waals surface area (Å²) in [4.78, 5) is 0. The maximum absolute atomic E-state index is 2.12. The van der Waals surface area contributed by atoms with Crippen LogP contribution >= 0.6 is 0 Å². The van der Waals surface area contributed by atoms with Crippen molar-refractivity contribution in [2.45, 2.75) is 74.7 Å². The van der Waals surface area contributed by atoms with E-state index in [1.807, 2.05) is 159 Å². The molecule has 0 nitrogen and oxygen atoms in total. The first-order valence-electron chi connectivity index (χ1n) is 13.2. The van der Waals surface area contributed by atoms with Gasteiger partial charge in [0.15, 0.2) is 0 Å². The minimum atomic E-state index is 1.25. The molecule has 0 spiro atoms. The summed E-state index contributed by atoms with van der Waals surface area (Å²) in [5.74, 6) is 0. The SMILES string of the molecule is CC.CCC.CCC.CCC.c1ccccc1.c1ccccc1.c1ccccc1.c1ccccc1. The Balaban J connectivity index is -0.000000162. The fraction of sp³-hybridized carbons (Fsp3) is 0.314. The van der Waals surface area contributed by atoms with Crippen molar-refractivity contribution >= 4 is 0 Å². The van der Waals surface area contributed by atoms with Gasteiger partial charge in [0.2, 0.25) is 0 Å².